The number of piperazine rings is 1. The highest BCUT2D eigenvalue weighted by Gasteiger charge is 2.30. The van der Waals surface area contributed by atoms with Crippen molar-refractivity contribution in [3.05, 3.63) is 17.6 Å². The molecule has 0 aliphatic carbocycles. The molecule has 0 N–H and O–H groups in total. The van der Waals surface area contributed by atoms with Gasteiger partial charge in [0, 0.05) is 26.2 Å². The van der Waals surface area contributed by atoms with Gasteiger partial charge in [-0.15, -0.1) is 0 Å². The summed E-state index contributed by atoms with van der Waals surface area (Å²) in [6, 6.07) is 2.36. The van der Waals surface area contributed by atoms with Crippen LogP contribution in [0.25, 0.3) is 0 Å². The van der Waals surface area contributed by atoms with Gasteiger partial charge in [-0.2, -0.15) is 5.26 Å². The number of rotatable bonds is 2. The molecule has 0 spiro atoms. The molecule has 0 unspecified atom stereocenters. The van der Waals surface area contributed by atoms with Crippen molar-refractivity contribution in [2.75, 3.05) is 31.1 Å². The molecule has 1 aliphatic heterocycles. The summed E-state index contributed by atoms with van der Waals surface area (Å²) in [4.78, 5) is 13.4. The van der Waals surface area contributed by atoms with E-state index >= 15 is 0 Å². The molecule has 1 aromatic heterocycles. The molecular formula is C14H21N5. The van der Waals surface area contributed by atoms with Crippen molar-refractivity contribution >= 4 is 5.82 Å². The number of aromatic nitrogens is 2. The molecule has 1 saturated heterocycles. The maximum atomic E-state index is 9.17. The summed E-state index contributed by atoms with van der Waals surface area (Å²) in [7, 11) is 0. The fourth-order valence-electron chi connectivity index (χ4n) is 2.25. The summed E-state index contributed by atoms with van der Waals surface area (Å²) in [6.45, 7) is 11.5. The van der Waals surface area contributed by atoms with Crippen LogP contribution in [0.4, 0.5) is 5.82 Å². The molecule has 0 radical (unpaired) electrons. The lowest BCUT2D eigenvalue weighted by molar-refractivity contribution is 0.157. The molecule has 1 aromatic rings. The van der Waals surface area contributed by atoms with Crippen molar-refractivity contribution in [2.45, 2.75) is 33.2 Å². The van der Waals surface area contributed by atoms with Crippen LogP contribution >= 0.6 is 0 Å². The molecule has 0 bridgehead atoms. The number of hydrogen-bond acceptors (Lipinski definition) is 5. The van der Waals surface area contributed by atoms with Gasteiger partial charge in [0.25, 0.3) is 0 Å². The van der Waals surface area contributed by atoms with Crippen LogP contribution in [0.5, 0.6) is 0 Å². The van der Waals surface area contributed by atoms with Crippen LogP contribution in [0.15, 0.2) is 6.20 Å². The topological polar surface area (TPSA) is 56.1 Å². The molecule has 0 aromatic carbocycles. The minimum atomic E-state index is -0.388. The van der Waals surface area contributed by atoms with Crippen molar-refractivity contribution < 1.29 is 0 Å². The Morgan fingerprint density at radius 3 is 2.32 bits per heavy atom. The summed E-state index contributed by atoms with van der Waals surface area (Å²) < 4.78 is 0. The third kappa shape index (κ3) is 2.85. The SMILES string of the molecule is Cc1ncc(N2CCN(C(C)(C)C#N)CC2)nc1C. The summed E-state index contributed by atoms with van der Waals surface area (Å²) in [5.41, 5.74) is 1.58. The summed E-state index contributed by atoms with van der Waals surface area (Å²) in [5, 5.41) is 9.17. The van der Waals surface area contributed by atoms with Gasteiger partial charge in [0.2, 0.25) is 0 Å². The monoisotopic (exact) mass is 259 g/mol. The smallest absolute Gasteiger partial charge is 0.147 e. The average Bonchev–Trinajstić information content (AvgIpc) is 2.42. The minimum Gasteiger partial charge on any atom is -0.353 e. The molecule has 19 heavy (non-hydrogen) atoms. The van der Waals surface area contributed by atoms with E-state index in [-0.39, 0.29) is 5.54 Å². The first-order chi connectivity index (χ1) is 8.94. The third-order valence-corrected chi connectivity index (χ3v) is 3.85. The molecular weight excluding hydrogens is 238 g/mol. The van der Waals surface area contributed by atoms with Crippen molar-refractivity contribution in [1.82, 2.24) is 14.9 Å². The fraction of sp³-hybridized carbons (Fsp3) is 0.643. The normalized spacial score (nSPS) is 17.3. The predicted octanol–water partition coefficient (Wildman–Crippen LogP) is 1.52. The molecule has 102 valence electrons. The standard InChI is InChI=1S/C14H21N5/c1-11-12(2)17-13(9-16-11)18-5-7-19(8-6-18)14(3,4)10-15/h9H,5-8H2,1-4H3. The predicted molar refractivity (Wildman–Crippen MR) is 75.0 cm³/mol. The summed E-state index contributed by atoms with van der Waals surface area (Å²) in [6.07, 6.45) is 1.84. The average molecular weight is 259 g/mol. The second kappa shape index (κ2) is 5.14. The highest BCUT2D eigenvalue weighted by atomic mass is 15.3. The van der Waals surface area contributed by atoms with Crippen molar-refractivity contribution in [3.63, 3.8) is 0 Å². The minimum absolute atomic E-state index is 0.388. The van der Waals surface area contributed by atoms with Gasteiger partial charge in [0.1, 0.15) is 11.4 Å². The Hall–Kier alpha value is -1.67. The Bertz CT molecular complexity index is 495. The van der Waals surface area contributed by atoms with E-state index in [2.05, 4.69) is 25.8 Å². The lowest BCUT2D eigenvalue weighted by Crippen LogP contribution is -2.54. The van der Waals surface area contributed by atoms with Gasteiger partial charge in [-0.3, -0.25) is 9.88 Å². The van der Waals surface area contributed by atoms with E-state index in [1.807, 2.05) is 33.9 Å². The highest BCUT2D eigenvalue weighted by Crippen LogP contribution is 2.19. The quantitative estimate of drug-likeness (QED) is 0.806. The van der Waals surface area contributed by atoms with E-state index in [1.54, 1.807) is 0 Å². The van der Waals surface area contributed by atoms with Gasteiger partial charge in [-0.05, 0) is 27.7 Å². The molecule has 5 heteroatoms. The van der Waals surface area contributed by atoms with Gasteiger partial charge >= 0.3 is 0 Å². The highest BCUT2D eigenvalue weighted by molar-refractivity contribution is 5.38. The van der Waals surface area contributed by atoms with Crippen LogP contribution in [0, 0.1) is 25.2 Å². The lowest BCUT2D eigenvalue weighted by Gasteiger charge is -2.40. The van der Waals surface area contributed by atoms with Gasteiger partial charge in [0.05, 0.1) is 23.7 Å². The molecule has 1 aliphatic rings. The number of nitriles is 1. The van der Waals surface area contributed by atoms with Gasteiger partial charge in [-0.25, -0.2) is 4.98 Å². The third-order valence-electron chi connectivity index (χ3n) is 3.85. The van der Waals surface area contributed by atoms with Crippen molar-refractivity contribution in [3.8, 4) is 6.07 Å². The second-order valence-electron chi connectivity index (χ2n) is 5.54. The molecule has 0 amide bonds. The van der Waals surface area contributed by atoms with E-state index in [1.165, 1.54) is 0 Å². The van der Waals surface area contributed by atoms with Crippen molar-refractivity contribution in [2.24, 2.45) is 0 Å². The molecule has 0 atom stereocenters. The van der Waals surface area contributed by atoms with E-state index < -0.39 is 0 Å². The first-order valence-corrected chi connectivity index (χ1v) is 6.65. The van der Waals surface area contributed by atoms with Crippen LogP contribution in [0.1, 0.15) is 25.2 Å². The Morgan fingerprint density at radius 2 is 1.79 bits per heavy atom. The van der Waals surface area contributed by atoms with Gasteiger partial charge < -0.3 is 4.90 Å². The molecule has 2 heterocycles. The van der Waals surface area contributed by atoms with Crippen molar-refractivity contribution in [1.29, 1.82) is 5.26 Å². The molecule has 0 saturated carbocycles. The van der Waals surface area contributed by atoms with E-state index in [9.17, 15) is 0 Å². The Kier molecular flexibility index (Phi) is 3.72. The Morgan fingerprint density at radius 1 is 1.16 bits per heavy atom. The van der Waals surface area contributed by atoms with E-state index in [0.717, 1.165) is 43.4 Å². The Labute approximate surface area is 114 Å². The first kappa shape index (κ1) is 13.8. The van der Waals surface area contributed by atoms with Crippen LogP contribution in [-0.2, 0) is 0 Å². The maximum absolute atomic E-state index is 9.17. The first-order valence-electron chi connectivity index (χ1n) is 6.65. The fourth-order valence-corrected chi connectivity index (χ4v) is 2.25. The van der Waals surface area contributed by atoms with Crippen LogP contribution < -0.4 is 4.90 Å². The zero-order valence-electron chi connectivity index (χ0n) is 12.1. The van der Waals surface area contributed by atoms with Gasteiger partial charge in [0.15, 0.2) is 0 Å². The lowest BCUT2D eigenvalue weighted by atomic mass is 10.0. The van der Waals surface area contributed by atoms with E-state index in [0.29, 0.717) is 0 Å². The summed E-state index contributed by atoms with van der Waals surface area (Å²) in [5.74, 6) is 0.942. The van der Waals surface area contributed by atoms with E-state index in [4.69, 9.17) is 5.26 Å². The van der Waals surface area contributed by atoms with Crippen LogP contribution in [-0.4, -0.2) is 46.6 Å². The largest absolute Gasteiger partial charge is 0.353 e. The van der Waals surface area contributed by atoms with Gasteiger partial charge in [-0.1, -0.05) is 0 Å². The zero-order valence-corrected chi connectivity index (χ0v) is 12.1. The maximum Gasteiger partial charge on any atom is 0.147 e. The molecule has 5 nitrogen and oxygen atoms in total. The molecule has 2 rings (SSSR count). The summed E-state index contributed by atoms with van der Waals surface area (Å²) >= 11 is 0. The van der Waals surface area contributed by atoms with Crippen LogP contribution in [0.3, 0.4) is 0 Å². The number of nitrogens with zero attached hydrogens (tertiary/aromatic N) is 5. The molecule has 1 fully saturated rings. The Balaban J connectivity index is 2.04. The number of hydrogen-bond donors (Lipinski definition) is 0. The number of anilines is 1. The number of aryl methyl sites for hydroxylation is 2. The van der Waals surface area contributed by atoms with Crippen LogP contribution in [0.2, 0.25) is 0 Å². The zero-order chi connectivity index (χ0) is 14.0. The second-order valence-corrected chi connectivity index (χ2v) is 5.54.